The molecule has 6 nitrogen and oxygen atoms in total. The Bertz CT molecular complexity index is 998. The van der Waals surface area contributed by atoms with Crippen molar-refractivity contribution in [2.75, 3.05) is 0 Å². The van der Waals surface area contributed by atoms with Gasteiger partial charge in [0.15, 0.2) is 0 Å². The largest absolute Gasteiger partial charge is 0.505 e. The summed E-state index contributed by atoms with van der Waals surface area (Å²) in [6.45, 7) is 11.5. The Hall–Kier alpha value is -3.15. The number of aromatic hydroxyl groups is 1. The Balaban J connectivity index is 2.08. The smallest absolute Gasteiger partial charge is 0.330 e. The Morgan fingerprint density at radius 1 is 1.25 bits per heavy atom. The van der Waals surface area contributed by atoms with E-state index >= 15 is 0 Å². The summed E-state index contributed by atoms with van der Waals surface area (Å²) in [4.78, 5) is 12.9. The van der Waals surface area contributed by atoms with Gasteiger partial charge in [-0.15, -0.1) is 15.0 Å². The third kappa shape index (κ3) is 4.06. The zero-order valence-electron chi connectivity index (χ0n) is 16.6. The first kappa shape index (κ1) is 19.6. The highest BCUT2D eigenvalue weighted by atomic mass is 16.5. The Morgan fingerprint density at radius 2 is 1.86 bits per heavy atom. The fraction of sp³-hybridized carbons (Fsp3) is 0.318. The number of hydrogen-bond donors (Lipinski definition) is 1. The van der Waals surface area contributed by atoms with Crippen LogP contribution in [-0.4, -0.2) is 32.2 Å². The van der Waals surface area contributed by atoms with Crippen LogP contribution in [0.5, 0.6) is 5.75 Å². The maximum atomic E-state index is 11.5. The summed E-state index contributed by atoms with van der Waals surface area (Å²) in [6, 6.07) is 11.4. The first-order valence-electron chi connectivity index (χ1n) is 9.21. The number of carbonyl (C=O) groups is 1. The molecule has 28 heavy (non-hydrogen) atoms. The lowest BCUT2D eigenvalue weighted by Gasteiger charge is -2.23. The molecule has 1 unspecified atom stereocenters. The van der Waals surface area contributed by atoms with Crippen molar-refractivity contribution >= 4 is 17.0 Å². The summed E-state index contributed by atoms with van der Waals surface area (Å²) in [6.07, 6.45) is 1.08. The fourth-order valence-electron chi connectivity index (χ4n) is 2.98. The van der Waals surface area contributed by atoms with E-state index in [9.17, 15) is 9.90 Å². The molecule has 1 heterocycles. The van der Waals surface area contributed by atoms with Gasteiger partial charge in [0.2, 0.25) is 0 Å². The number of hydrogen-bond acceptors (Lipinski definition) is 5. The number of phenols is 1. The quantitative estimate of drug-likeness (QED) is 0.534. The number of rotatable bonds is 5. The molecule has 3 rings (SSSR count). The van der Waals surface area contributed by atoms with E-state index in [1.165, 1.54) is 4.80 Å². The van der Waals surface area contributed by atoms with E-state index in [1.807, 2.05) is 36.4 Å². The topological polar surface area (TPSA) is 77.2 Å². The van der Waals surface area contributed by atoms with Crippen LogP contribution in [0.15, 0.2) is 49.1 Å². The van der Waals surface area contributed by atoms with Crippen LogP contribution in [0, 0.1) is 0 Å². The van der Waals surface area contributed by atoms with Crippen molar-refractivity contribution in [3.8, 4) is 11.4 Å². The fourth-order valence-corrected chi connectivity index (χ4v) is 2.98. The number of aromatic nitrogens is 3. The monoisotopic (exact) mass is 379 g/mol. The van der Waals surface area contributed by atoms with Crippen molar-refractivity contribution in [3.05, 3.63) is 60.2 Å². The summed E-state index contributed by atoms with van der Waals surface area (Å²) in [5, 5.41) is 19.9. The molecule has 0 aliphatic rings. The molecule has 0 spiro atoms. The average Bonchev–Trinajstić information content (AvgIpc) is 3.06. The van der Waals surface area contributed by atoms with Gasteiger partial charge in [-0.3, -0.25) is 0 Å². The Labute approximate surface area is 164 Å². The van der Waals surface area contributed by atoms with Crippen LogP contribution < -0.4 is 0 Å². The number of carbonyl (C=O) groups excluding carboxylic acids is 1. The zero-order chi connectivity index (χ0) is 20.5. The number of nitrogens with zero attached hydrogens (tertiary/aromatic N) is 3. The zero-order valence-corrected chi connectivity index (χ0v) is 16.6. The van der Waals surface area contributed by atoms with E-state index in [1.54, 1.807) is 6.92 Å². The molecule has 0 saturated heterocycles. The summed E-state index contributed by atoms with van der Waals surface area (Å²) >= 11 is 0. The van der Waals surface area contributed by atoms with E-state index in [2.05, 4.69) is 37.5 Å². The molecule has 1 aromatic heterocycles. The first-order chi connectivity index (χ1) is 13.2. The number of fused-ring (bicyclic) bond motifs is 1. The van der Waals surface area contributed by atoms with Crippen LogP contribution in [0.3, 0.4) is 0 Å². The van der Waals surface area contributed by atoms with Gasteiger partial charge in [-0.05, 0) is 36.1 Å². The second kappa shape index (κ2) is 7.46. The molecule has 0 aliphatic heterocycles. The predicted molar refractivity (Wildman–Crippen MR) is 109 cm³/mol. The highest BCUT2D eigenvalue weighted by molar-refractivity contribution is 5.81. The first-order valence-corrected chi connectivity index (χ1v) is 9.21. The SMILES string of the molecule is C=CC(=O)OC(C)Cc1cc(C(C)(C)C)cc(-n2nc3ccccc3n2)c1O. The standard InChI is InChI=1S/C22H25N3O3/c1-6-20(26)28-14(2)11-15-12-16(22(3,4)5)13-19(21(15)27)25-23-17-9-7-8-10-18(17)24-25/h6-10,12-14,27H,1,11H2,2-5H3. The summed E-state index contributed by atoms with van der Waals surface area (Å²) in [7, 11) is 0. The van der Waals surface area contributed by atoms with E-state index in [4.69, 9.17) is 4.74 Å². The number of ether oxygens (including phenoxy) is 1. The molecule has 1 N–H and O–H groups in total. The molecule has 0 amide bonds. The van der Waals surface area contributed by atoms with Gasteiger partial charge in [0.25, 0.3) is 0 Å². The van der Waals surface area contributed by atoms with Crippen LogP contribution in [0.4, 0.5) is 0 Å². The minimum absolute atomic E-state index is 0.0785. The van der Waals surface area contributed by atoms with Crippen LogP contribution >= 0.6 is 0 Å². The van der Waals surface area contributed by atoms with Gasteiger partial charge in [-0.25, -0.2) is 4.79 Å². The maximum absolute atomic E-state index is 11.5. The van der Waals surface area contributed by atoms with Crippen molar-refractivity contribution in [3.63, 3.8) is 0 Å². The molecule has 146 valence electrons. The van der Waals surface area contributed by atoms with Crippen molar-refractivity contribution in [1.29, 1.82) is 0 Å². The van der Waals surface area contributed by atoms with Gasteiger partial charge in [0.1, 0.15) is 28.6 Å². The van der Waals surface area contributed by atoms with Gasteiger partial charge in [-0.1, -0.05) is 45.5 Å². The summed E-state index contributed by atoms with van der Waals surface area (Å²) < 4.78 is 5.27. The van der Waals surface area contributed by atoms with Crippen LogP contribution in [0.1, 0.15) is 38.8 Å². The minimum atomic E-state index is -0.487. The second-order valence-corrected chi connectivity index (χ2v) is 7.89. The molecular formula is C22H25N3O3. The average molecular weight is 379 g/mol. The molecule has 0 radical (unpaired) electrons. The maximum Gasteiger partial charge on any atom is 0.330 e. The normalized spacial score (nSPS) is 12.7. The van der Waals surface area contributed by atoms with Crippen molar-refractivity contribution < 1.29 is 14.6 Å². The lowest BCUT2D eigenvalue weighted by Crippen LogP contribution is -2.18. The molecule has 0 bridgehead atoms. The molecule has 0 fully saturated rings. The van der Waals surface area contributed by atoms with Gasteiger partial charge in [-0.2, -0.15) is 0 Å². The number of benzene rings is 2. The Kier molecular flexibility index (Phi) is 5.23. The highest BCUT2D eigenvalue weighted by Gasteiger charge is 2.22. The highest BCUT2D eigenvalue weighted by Crippen LogP contribution is 2.34. The Morgan fingerprint density at radius 3 is 2.39 bits per heavy atom. The van der Waals surface area contributed by atoms with Gasteiger partial charge >= 0.3 is 5.97 Å². The lowest BCUT2D eigenvalue weighted by atomic mass is 9.85. The number of phenolic OH excluding ortho intramolecular Hbond substituents is 1. The van der Waals surface area contributed by atoms with Crippen molar-refractivity contribution in [1.82, 2.24) is 15.0 Å². The van der Waals surface area contributed by atoms with E-state index < -0.39 is 12.1 Å². The van der Waals surface area contributed by atoms with Crippen LogP contribution in [0.25, 0.3) is 16.7 Å². The molecule has 0 saturated carbocycles. The second-order valence-electron chi connectivity index (χ2n) is 7.89. The van der Waals surface area contributed by atoms with Gasteiger partial charge < -0.3 is 9.84 Å². The minimum Gasteiger partial charge on any atom is -0.505 e. The van der Waals surface area contributed by atoms with Crippen LogP contribution in [-0.2, 0) is 21.4 Å². The van der Waals surface area contributed by atoms with E-state index in [-0.39, 0.29) is 11.2 Å². The summed E-state index contributed by atoms with van der Waals surface area (Å²) in [5.74, 6) is -0.408. The predicted octanol–water partition coefficient (Wildman–Crippen LogP) is 4.08. The van der Waals surface area contributed by atoms with Crippen molar-refractivity contribution in [2.24, 2.45) is 0 Å². The van der Waals surface area contributed by atoms with Crippen molar-refractivity contribution in [2.45, 2.75) is 45.6 Å². The lowest BCUT2D eigenvalue weighted by molar-refractivity contribution is -0.142. The summed E-state index contributed by atoms with van der Waals surface area (Å²) in [5.41, 5.74) is 3.55. The van der Waals surface area contributed by atoms with E-state index in [0.29, 0.717) is 17.7 Å². The third-order valence-electron chi connectivity index (χ3n) is 4.53. The molecule has 6 heteroatoms. The number of esters is 1. The van der Waals surface area contributed by atoms with E-state index in [0.717, 1.165) is 22.7 Å². The molecule has 1 atom stereocenters. The van der Waals surface area contributed by atoms with Crippen LogP contribution in [0.2, 0.25) is 0 Å². The molecule has 3 aromatic rings. The molecule has 0 aliphatic carbocycles. The molecular weight excluding hydrogens is 354 g/mol. The molecule has 2 aromatic carbocycles. The third-order valence-corrected chi connectivity index (χ3v) is 4.53. The van der Waals surface area contributed by atoms with Gasteiger partial charge in [0.05, 0.1) is 0 Å². The van der Waals surface area contributed by atoms with Gasteiger partial charge in [0, 0.05) is 18.1 Å².